The first-order valence-corrected chi connectivity index (χ1v) is 21.0. The zero-order valence-corrected chi connectivity index (χ0v) is 35.0. The molecule has 2 saturated heterocycles. The van der Waals surface area contributed by atoms with Crippen LogP contribution in [0.15, 0.2) is 76.1 Å². The monoisotopic (exact) mass is 827 g/mol. The number of amides is 3. The van der Waals surface area contributed by atoms with E-state index in [9.17, 15) is 29.1 Å². The largest absolute Gasteiger partial charge is 0.461 e. The Kier molecular flexibility index (Phi) is 14.8. The number of furan rings is 1. The third-order valence-corrected chi connectivity index (χ3v) is 11.1. The van der Waals surface area contributed by atoms with Crippen molar-refractivity contribution in [3.63, 3.8) is 0 Å². The third-order valence-electron chi connectivity index (χ3n) is 11.1. The summed E-state index contributed by atoms with van der Waals surface area (Å²) in [6, 6.07) is 16.2. The lowest BCUT2D eigenvalue weighted by Gasteiger charge is -2.31. The average Bonchev–Trinajstić information content (AvgIpc) is 3.99. The first-order valence-electron chi connectivity index (χ1n) is 21.0. The molecule has 6 atom stereocenters. The van der Waals surface area contributed by atoms with Gasteiger partial charge in [0.1, 0.15) is 49.4 Å². The van der Waals surface area contributed by atoms with Gasteiger partial charge in [0.15, 0.2) is 0 Å². The van der Waals surface area contributed by atoms with Crippen LogP contribution in [0.3, 0.4) is 0 Å². The molecule has 2 aromatic carbocycles. The van der Waals surface area contributed by atoms with Gasteiger partial charge in [-0.2, -0.15) is 4.98 Å². The standard InChI is InChI=1S/C45H57N5O10/c1-6-7-9-13-29-17-19-31(20-18-29)35-22-32-24-50(44(55)48-41(32)60-35)37-23-34(51)36(59-37)26-57-43(54)39(28(4)5)46-40(52)33-16-12-21-49(33)42(53)38(27(2)3)47-45(56)58-25-30-14-10-8-11-15-30/h8,10-11,14-15,17-20,22,24,27-28,33-34,36-39,51H,6-7,9,12-13,16,21,23,25-26H2,1-5H3,(H,46,52)(H,47,56)/t33-,34-,36+,37+,38-,39-/m0/s1. The van der Waals surface area contributed by atoms with Crippen molar-refractivity contribution in [2.24, 2.45) is 11.8 Å². The van der Waals surface area contributed by atoms with Gasteiger partial charge in [-0.25, -0.2) is 14.4 Å². The van der Waals surface area contributed by atoms with Crippen molar-refractivity contribution in [3.05, 3.63) is 88.5 Å². The topological polar surface area (TPSA) is 192 Å². The number of nitrogens with one attached hydrogen (secondary N) is 2. The van der Waals surface area contributed by atoms with Gasteiger partial charge < -0.3 is 39.3 Å². The van der Waals surface area contributed by atoms with E-state index in [1.165, 1.54) is 21.5 Å². The molecule has 60 heavy (non-hydrogen) atoms. The number of unbranched alkanes of at least 4 members (excludes halogenated alkanes) is 2. The fourth-order valence-electron chi connectivity index (χ4n) is 7.61. The molecule has 2 fully saturated rings. The van der Waals surface area contributed by atoms with Crippen LogP contribution in [0, 0.1) is 11.8 Å². The highest BCUT2D eigenvalue weighted by molar-refractivity contribution is 5.93. The molecule has 0 bridgehead atoms. The number of aliphatic hydroxyl groups is 1. The number of aromatic nitrogens is 2. The fourth-order valence-corrected chi connectivity index (χ4v) is 7.61. The fraction of sp³-hybridized carbons (Fsp3) is 0.511. The van der Waals surface area contributed by atoms with Crippen molar-refractivity contribution in [2.45, 2.75) is 123 Å². The highest BCUT2D eigenvalue weighted by atomic mass is 16.6. The molecular weight excluding hydrogens is 771 g/mol. The molecular formula is C45H57N5O10. The molecule has 4 heterocycles. The second kappa shape index (κ2) is 20.1. The third kappa shape index (κ3) is 10.8. The first kappa shape index (κ1) is 44.0. The quantitative estimate of drug-likeness (QED) is 0.0879. The molecule has 3 N–H and O–H groups in total. The van der Waals surface area contributed by atoms with E-state index in [0.29, 0.717) is 30.5 Å². The predicted molar refractivity (Wildman–Crippen MR) is 222 cm³/mol. The van der Waals surface area contributed by atoms with Gasteiger partial charge in [-0.15, -0.1) is 0 Å². The van der Waals surface area contributed by atoms with E-state index in [0.717, 1.165) is 30.4 Å². The molecule has 0 radical (unpaired) electrons. The Bertz CT molecular complexity index is 2150. The highest BCUT2D eigenvalue weighted by Gasteiger charge is 2.41. The van der Waals surface area contributed by atoms with E-state index < -0.39 is 72.0 Å². The molecule has 2 aromatic heterocycles. The summed E-state index contributed by atoms with van der Waals surface area (Å²) in [6.07, 6.45) is 3.41. The molecule has 2 aliphatic heterocycles. The van der Waals surface area contributed by atoms with Crippen LogP contribution < -0.4 is 16.3 Å². The number of rotatable bonds is 17. The summed E-state index contributed by atoms with van der Waals surface area (Å²) in [5.41, 5.74) is 2.47. The number of ether oxygens (including phenoxy) is 3. The maximum Gasteiger partial charge on any atom is 0.408 e. The number of aryl methyl sites for hydroxylation is 1. The Hall–Kier alpha value is -5.54. The molecule has 0 aliphatic carbocycles. The number of benzene rings is 2. The van der Waals surface area contributed by atoms with Crippen molar-refractivity contribution in [1.29, 1.82) is 0 Å². The Morgan fingerprint density at radius 3 is 2.37 bits per heavy atom. The van der Waals surface area contributed by atoms with Gasteiger partial charge in [0.25, 0.3) is 0 Å². The molecule has 4 aromatic rings. The maximum absolute atomic E-state index is 13.8. The molecule has 0 spiro atoms. The van der Waals surface area contributed by atoms with E-state index >= 15 is 0 Å². The normalized spacial score (nSPS) is 20.0. The average molecular weight is 828 g/mol. The summed E-state index contributed by atoms with van der Waals surface area (Å²) in [6.45, 7) is 9.27. The van der Waals surface area contributed by atoms with Crippen molar-refractivity contribution in [1.82, 2.24) is 25.1 Å². The minimum absolute atomic E-state index is 0.0373. The van der Waals surface area contributed by atoms with E-state index in [2.05, 4.69) is 34.7 Å². The zero-order chi connectivity index (χ0) is 42.9. The number of carbonyl (C=O) groups excluding carboxylic acids is 4. The summed E-state index contributed by atoms with van der Waals surface area (Å²) in [5, 5.41) is 16.9. The van der Waals surface area contributed by atoms with Gasteiger partial charge in [-0.1, -0.05) is 102 Å². The van der Waals surface area contributed by atoms with Gasteiger partial charge in [0.2, 0.25) is 17.5 Å². The molecule has 0 unspecified atom stereocenters. The molecule has 322 valence electrons. The number of hydrogen-bond donors (Lipinski definition) is 3. The van der Waals surface area contributed by atoms with Crippen molar-refractivity contribution in [3.8, 4) is 11.3 Å². The SMILES string of the molecule is CCCCCc1ccc(-c2cc3cn([C@H]4C[C@H](O)[C@@H](COC(=O)[C@@H](NC(=O)[C@@H]5CCCN5C(=O)[C@@H](NC(=O)OCc5ccccc5)C(C)C)C(C)C)O4)c(=O)nc3o2)cc1. The van der Waals surface area contributed by atoms with Crippen LogP contribution in [-0.2, 0) is 41.6 Å². The molecule has 6 rings (SSSR count). The molecule has 2 aliphatic rings. The summed E-state index contributed by atoms with van der Waals surface area (Å²) in [5.74, 6) is -1.81. The summed E-state index contributed by atoms with van der Waals surface area (Å²) in [7, 11) is 0. The van der Waals surface area contributed by atoms with Crippen LogP contribution in [0.4, 0.5) is 4.79 Å². The van der Waals surface area contributed by atoms with Crippen LogP contribution in [-0.4, -0.2) is 86.9 Å². The Labute approximate surface area is 349 Å². The van der Waals surface area contributed by atoms with Gasteiger partial charge in [-0.05, 0) is 54.7 Å². The van der Waals surface area contributed by atoms with Gasteiger partial charge in [0, 0.05) is 24.7 Å². The molecule has 15 nitrogen and oxygen atoms in total. The van der Waals surface area contributed by atoms with Gasteiger partial charge in [0.05, 0.1) is 11.5 Å². The first-order chi connectivity index (χ1) is 28.8. The van der Waals surface area contributed by atoms with E-state index in [-0.39, 0.29) is 31.3 Å². The Balaban J connectivity index is 1.03. The minimum Gasteiger partial charge on any atom is -0.461 e. The van der Waals surface area contributed by atoms with Gasteiger partial charge in [-0.3, -0.25) is 14.2 Å². The maximum atomic E-state index is 13.8. The number of fused-ring (bicyclic) bond motifs is 1. The molecule has 15 heteroatoms. The molecule has 0 saturated carbocycles. The minimum atomic E-state index is -1.07. The van der Waals surface area contributed by atoms with Crippen LogP contribution in [0.2, 0.25) is 0 Å². The number of likely N-dealkylation sites (tertiary alicyclic amines) is 1. The number of nitrogens with zero attached hydrogens (tertiary/aromatic N) is 3. The second-order valence-corrected chi connectivity index (χ2v) is 16.4. The highest BCUT2D eigenvalue weighted by Crippen LogP contribution is 2.31. The Morgan fingerprint density at radius 1 is 0.933 bits per heavy atom. The number of aliphatic hydroxyl groups excluding tert-OH is 1. The second-order valence-electron chi connectivity index (χ2n) is 16.4. The van der Waals surface area contributed by atoms with Crippen LogP contribution in [0.5, 0.6) is 0 Å². The van der Waals surface area contributed by atoms with Gasteiger partial charge >= 0.3 is 17.8 Å². The van der Waals surface area contributed by atoms with Crippen LogP contribution >= 0.6 is 0 Å². The summed E-state index contributed by atoms with van der Waals surface area (Å²) < 4.78 is 24.2. The number of alkyl carbamates (subject to hydrolysis) is 1. The van der Waals surface area contributed by atoms with E-state index in [1.807, 2.05) is 42.5 Å². The smallest absolute Gasteiger partial charge is 0.408 e. The van der Waals surface area contributed by atoms with E-state index in [1.54, 1.807) is 40.0 Å². The molecule has 3 amide bonds. The van der Waals surface area contributed by atoms with Crippen LogP contribution in [0.1, 0.15) is 90.5 Å². The predicted octanol–water partition coefficient (Wildman–Crippen LogP) is 5.66. The van der Waals surface area contributed by atoms with Crippen LogP contribution in [0.25, 0.3) is 22.4 Å². The number of hydrogen-bond acceptors (Lipinski definition) is 11. The van der Waals surface area contributed by atoms with Crippen molar-refractivity contribution >= 4 is 35.0 Å². The van der Waals surface area contributed by atoms with E-state index in [4.69, 9.17) is 18.6 Å². The lowest BCUT2D eigenvalue weighted by Crippen LogP contribution is -2.57. The zero-order valence-electron chi connectivity index (χ0n) is 35.0. The number of esters is 1. The lowest BCUT2D eigenvalue weighted by molar-refractivity contribution is -0.155. The van der Waals surface area contributed by atoms with Crippen molar-refractivity contribution < 1.29 is 42.9 Å². The summed E-state index contributed by atoms with van der Waals surface area (Å²) in [4.78, 5) is 72.3. The van der Waals surface area contributed by atoms with Crippen molar-refractivity contribution in [2.75, 3.05) is 13.2 Å². The summed E-state index contributed by atoms with van der Waals surface area (Å²) >= 11 is 0. The number of carbonyl (C=O) groups is 4. The Morgan fingerprint density at radius 2 is 1.67 bits per heavy atom. The lowest BCUT2D eigenvalue weighted by atomic mass is 10.0.